The van der Waals surface area contributed by atoms with Gasteiger partial charge >= 0.3 is 0 Å². The highest BCUT2D eigenvalue weighted by atomic mass is 14.9. The van der Waals surface area contributed by atoms with Crippen molar-refractivity contribution in [2.75, 3.05) is 12.3 Å². The Morgan fingerprint density at radius 1 is 1.36 bits per heavy atom. The highest BCUT2D eigenvalue weighted by molar-refractivity contribution is 5.61. The number of benzene rings is 1. The van der Waals surface area contributed by atoms with Crippen LogP contribution in [0.2, 0.25) is 0 Å². The van der Waals surface area contributed by atoms with E-state index in [1.165, 1.54) is 16.9 Å². The highest BCUT2D eigenvalue weighted by Crippen LogP contribution is 2.18. The zero-order chi connectivity index (χ0) is 9.54. The summed E-state index contributed by atoms with van der Waals surface area (Å²) in [6, 6.07) is 6.80. The van der Waals surface area contributed by atoms with Crippen LogP contribution in [0.25, 0.3) is 11.6 Å². The molecule has 1 heterocycles. The number of nitrogens with one attached hydrogen (secondary N) is 1. The summed E-state index contributed by atoms with van der Waals surface area (Å²) in [4.78, 5) is 0. The van der Waals surface area contributed by atoms with Gasteiger partial charge in [0.1, 0.15) is 0 Å². The maximum absolute atomic E-state index is 5.82. The maximum Gasteiger partial charge on any atom is 0.0324 e. The van der Waals surface area contributed by atoms with Gasteiger partial charge in [0.2, 0.25) is 0 Å². The first-order valence-electron chi connectivity index (χ1n) is 5.17. The minimum atomic E-state index is 0.573. The second-order valence-electron chi connectivity index (χ2n) is 4.07. The molecule has 0 saturated carbocycles. The second kappa shape index (κ2) is 2.85. The Labute approximate surface area is 83.1 Å². The number of nitrogen functional groups attached to an aromatic ring is 1. The third-order valence-corrected chi connectivity index (χ3v) is 3.20. The molecule has 72 valence electrons. The average molecular weight is 186 g/mol. The fraction of sp³-hybridized carbons (Fsp3) is 0.333. The third kappa shape index (κ3) is 1.07. The predicted octanol–water partition coefficient (Wildman–Crippen LogP) is -0.0344. The van der Waals surface area contributed by atoms with Crippen LogP contribution in [0.1, 0.15) is 12.8 Å². The number of fused-ring (bicyclic) bond motifs is 2. The van der Waals surface area contributed by atoms with Gasteiger partial charge in [0.25, 0.3) is 0 Å². The number of rotatable bonds is 0. The Balaban J connectivity index is 2.37. The first kappa shape index (κ1) is 8.06. The normalized spacial score (nSPS) is 24.0. The minimum absolute atomic E-state index is 0.573. The van der Waals surface area contributed by atoms with Crippen molar-refractivity contribution in [2.45, 2.75) is 18.9 Å². The number of hydrogen-bond acceptors (Lipinski definition) is 2. The first-order valence-corrected chi connectivity index (χ1v) is 5.17. The van der Waals surface area contributed by atoms with E-state index in [-0.39, 0.29) is 0 Å². The summed E-state index contributed by atoms with van der Waals surface area (Å²) in [5, 5.41) is 6.23. The quantitative estimate of drug-likeness (QED) is 0.558. The Kier molecular flexibility index (Phi) is 1.64. The van der Waals surface area contributed by atoms with Crippen molar-refractivity contribution < 1.29 is 0 Å². The molecular weight excluding hydrogens is 172 g/mol. The molecule has 2 heteroatoms. The molecule has 0 aromatic heterocycles. The summed E-state index contributed by atoms with van der Waals surface area (Å²) in [6.07, 6.45) is 4.61. The van der Waals surface area contributed by atoms with Crippen molar-refractivity contribution >= 4 is 17.3 Å². The van der Waals surface area contributed by atoms with E-state index in [0.717, 1.165) is 18.7 Å². The summed E-state index contributed by atoms with van der Waals surface area (Å²) in [5.74, 6) is 0. The van der Waals surface area contributed by atoms with Crippen molar-refractivity contribution in [3.63, 3.8) is 0 Å². The maximum atomic E-state index is 5.82. The fourth-order valence-electron chi connectivity index (χ4n) is 2.50. The van der Waals surface area contributed by atoms with Crippen LogP contribution in [0, 0.1) is 0 Å². The van der Waals surface area contributed by atoms with Crippen LogP contribution in [-0.4, -0.2) is 12.6 Å². The number of nitrogens with two attached hydrogens (primary N) is 1. The molecule has 3 N–H and O–H groups in total. The third-order valence-electron chi connectivity index (χ3n) is 3.20. The monoisotopic (exact) mass is 186 g/mol. The Morgan fingerprint density at radius 3 is 3.21 bits per heavy atom. The van der Waals surface area contributed by atoms with Gasteiger partial charge in [0.15, 0.2) is 0 Å². The van der Waals surface area contributed by atoms with Gasteiger partial charge in [-0.15, -0.1) is 0 Å². The van der Waals surface area contributed by atoms with Crippen LogP contribution in [0.15, 0.2) is 18.2 Å². The molecule has 2 aliphatic rings. The molecule has 0 bridgehead atoms. The van der Waals surface area contributed by atoms with E-state index in [1.54, 1.807) is 5.57 Å². The summed E-state index contributed by atoms with van der Waals surface area (Å²) in [6.45, 7) is 1.11. The molecule has 1 aromatic rings. The molecule has 0 spiro atoms. The van der Waals surface area contributed by atoms with Crippen molar-refractivity contribution in [2.24, 2.45) is 0 Å². The SMILES string of the molecule is Nc1ccc2c(c1)=C1CCNC1CC=2. The lowest BCUT2D eigenvalue weighted by atomic mass is 9.95. The van der Waals surface area contributed by atoms with Gasteiger partial charge in [-0.3, -0.25) is 0 Å². The van der Waals surface area contributed by atoms with Crippen molar-refractivity contribution in [1.29, 1.82) is 0 Å². The van der Waals surface area contributed by atoms with E-state index in [1.807, 2.05) is 6.07 Å². The molecule has 1 aliphatic heterocycles. The smallest absolute Gasteiger partial charge is 0.0324 e. The highest BCUT2D eigenvalue weighted by Gasteiger charge is 2.21. The van der Waals surface area contributed by atoms with Gasteiger partial charge in [0.05, 0.1) is 0 Å². The molecule has 1 saturated heterocycles. The van der Waals surface area contributed by atoms with Gasteiger partial charge in [0, 0.05) is 11.7 Å². The van der Waals surface area contributed by atoms with E-state index in [9.17, 15) is 0 Å². The van der Waals surface area contributed by atoms with Crippen molar-refractivity contribution in [3.8, 4) is 0 Å². The molecule has 2 nitrogen and oxygen atoms in total. The molecule has 1 unspecified atom stereocenters. The zero-order valence-corrected chi connectivity index (χ0v) is 8.09. The van der Waals surface area contributed by atoms with Crippen molar-refractivity contribution in [3.05, 3.63) is 28.6 Å². The molecule has 0 amide bonds. The zero-order valence-electron chi connectivity index (χ0n) is 8.09. The van der Waals surface area contributed by atoms with Gasteiger partial charge in [-0.2, -0.15) is 0 Å². The Bertz CT molecular complexity index is 488. The van der Waals surface area contributed by atoms with Crippen LogP contribution >= 0.6 is 0 Å². The molecule has 1 atom stereocenters. The van der Waals surface area contributed by atoms with Gasteiger partial charge in [-0.1, -0.05) is 12.1 Å². The summed E-state index contributed by atoms with van der Waals surface area (Å²) >= 11 is 0. The lowest BCUT2D eigenvalue weighted by Crippen LogP contribution is -2.36. The molecule has 1 aromatic carbocycles. The van der Waals surface area contributed by atoms with E-state index in [4.69, 9.17) is 5.73 Å². The summed E-state index contributed by atoms with van der Waals surface area (Å²) in [5.41, 5.74) is 8.24. The number of anilines is 1. The van der Waals surface area contributed by atoms with Gasteiger partial charge in [-0.25, -0.2) is 0 Å². The molecule has 14 heavy (non-hydrogen) atoms. The lowest BCUT2D eigenvalue weighted by molar-refractivity contribution is 0.699. The lowest BCUT2D eigenvalue weighted by Gasteiger charge is -2.14. The Morgan fingerprint density at radius 2 is 2.29 bits per heavy atom. The van der Waals surface area contributed by atoms with Crippen LogP contribution in [-0.2, 0) is 0 Å². The number of hydrogen-bond donors (Lipinski definition) is 2. The Hall–Kier alpha value is -1.28. The topological polar surface area (TPSA) is 38.0 Å². The van der Waals surface area contributed by atoms with Crippen LogP contribution in [0.5, 0.6) is 0 Å². The van der Waals surface area contributed by atoms with E-state index >= 15 is 0 Å². The van der Waals surface area contributed by atoms with E-state index in [2.05, 4.69) is 23.5 Å². The fourth-order valence-corrected chi connectivity index (χ4v) is 2.50. The predicted molar refractivity (Wildman–Crippen MR) is 59.0 cm³/mol. The minimum Gasteiger partial charge on any atom is -0.399 e. The second-order valence-corrected chi connectivity index (χ2v) is 4.07. The van der Waals surface area contributed by atoms with Crippen LogP contribution in [0.4, 0.5) is 5.69 Å². The van der Waals surface area contributed by atoms with E-state index < -0.39 is 0 Å². The molecule has 1 fully saturated rings. The largest absolute Gasteiger partial charge is 0.399 e. The standard InChI is InChI=1S/C12H14N2/c13-9-3-1-8-2-4-12-10(5-6-14-12)11(8)7-9/h1-3,7,12,14H,4-6,13H2. The average Bonchev–Trinajstić information content (AvgIpc) is 2.65. The van der Waals surface area contributed by atoms with Crippen LogP contribution < -0.4 is 21.5 Å². The summed E-state index contributed by atoms with van der Waals surface area (Å²) < 4.78 is 0. The van der Waals surface area contributed by atoms with Crippen molar-refractivity contribution in [1.82, 2.24) is 5.32 Å². The van der Waals surface area contributed by atoms with E-state index in [0.29, 0.717) is 6.04 Å². The molecule has 3 rings (SSSR count). The molecular formula is C12H14N2. The van der Waals surface area contributed by atoms with Crippen LogP contribution in [0.3, 0.4) is 0 Å². The molecule has 0 radical (unpaired) electrons. The van der Waals surface area contributed by atoms with Gasteiger partial charge < -0.3 is 11.1 Å². The summed E-state index contributed by atoms with van der Waals surface area (Å²) in [7, 11) is 0. The first-order chi connectivity index (χ1) is 6.84. The van der Waals surface area contributed by atoms with Gasteiger partial charge in [-0.05, 0) is 47.5 Å². The molecule has 1 aliphatic carbocycles.